The van der Waals surface area contributed by atoms with Gasteiger partial charge in [-0.25, -0.2) is 0 Å². The molecule has 0 aromatic heterocycles. The largest absolute Gasteiger partial charge is 0.489 e. The lowest BCUT2D eigenvalue weighted by Gasteiger charge is -2.15. The SMILES string of the molecule is CC(O)c1ccc(OCc2ccccc2)cc1OCc1ccccc1. The predicted octanol–water partition coefficient (Wildman–Crippen LogP) is 4.90. The Balaban J connectivity index is 1.72. The first-order valence-electron chi connectivity index (χ1n) is 8.38. The summed E-state index contributed by atoms with van der Waals surface area (Å²) in [6.45, 7) is 2.67. The van der Waals surface area contributed by atoms with Crippen LogP contribution in [0.4, 0.5) is 0 Å². The van der Waals surface area contributed by atoms with E-state index in [1.165, 1.54) is 0 Å². The molecule has 0 aliphatic heterocycles. The smallest absolute Gasteiger partial charge is 0.129 e. The van der Waals surface area contributed by atoms with E-state index in [1.807, 2.05) is 78.9 Å². The number of ether oxygens (including phenoxy) is 2. The molecule has 3 rings (SSSR count). The van der Waals surface area contributed by atoms with E-state index in [0.29, 0.717) is 19.0 Å². The summed E-state index contributed by atoms with van der Waals surface area (Å²) in [5.74, 6) is 1.36. The van der Waals surface area contributed by atoms with E-state index in [0.717, 1.165) is 22.4 Å². The topological polar surface area (TPSA) is 38.7 Å². The molecule has 1 atom stereocenters. The van der Waals surface area contributed by atoms with E-state index < -0.39 is 6.10 Å². The highest BCUT2D eigenvalue weighted by atomic mass is 16.5. The summed E-state index contributed by atoms with van der Waals surface area (Å²) in [5, 5.41) is 9.98. The molecule has 0 spiro atoms. The second kappa shape index (κ2) is 8.36. The number of aliphatic hydroxyl groups is 1. The molecule has 3 heteroatoms. The molecular formula is C22H22O3. The maximum Gasteiger partial charge on any atom is 0.129 e. The van der Waals surface area contributed by atoms with E-state index in [4.69, 9.17) is 9.47 Å². The number of rotatable bonds is 7. The Kier molecular flexibility index (Phi) is 5.70. The molecule has 0 amide bonds. The molecule has 1 unspecified atom stereocenters. The summed E-state index contributed by atoms with van der Waals surface area (Å²) in [6, 6.07) is 25.5. The van der Waals surface area contributed by atoms with Gasteiger partial charge in [-0.1, -0.05) is 60.7 Å². The van der Waals surface area contributed by atoms with Crippen LogP contribution in [-0.4, -0.2) is 5.11 Å². The Labute approximate surface area is 148 Å². The number of aliphatic hydroxyl groups excluding tert-OH is 1. The zero-order chi connectivity index (χ0) is 17.5. The maximum absolute atomic E-state index is 9.98. The van der Waals surface area contributed by atoms with Gasteiger partial charge in [0.1, 0.15) is 24.7 Å². The van der Waals surface area contributed by atoms with Crippen molar-refractivity contribution in [3.63, 3.8) is 0 Å². The Morgan fingerprint density at radius 2 is 1.32 bits per heavy atom. The molecule has 3 aromatic rings. The molecular weight excluding hydrogens is 312 g/mol. The average molecular weight is 334 g/mol. The fourth-order valence-electron chi connectivity index (χ4n) is 2.55. The Hall–Kier alpha value is -2.78. The number of benzene rings is 3. The van der Waals surface area contributed by atoms with E-state index >= 15 is 0 Å². The summed E-state index contributed by atoms with van der Waals surface area (Å²) in [6.07, 6.45) is -0.603. The molecule has 0 saturated carbocycles. The Bertz CT molecular complexity index is 783. The average Bonchev–Trinajstić information content (AvgIpc) is 2.66. The zero-order valence-corrected chi connectivity index (χ0v) is 14.3. The van der Waals surface area contributed by atoms with Crippen molar-refractivity contribution in [2.24, 2.45) is 0 Å². The highest BCUT2D eigenvalue weighted by Gasteiger charge is 2.11. The minimum atomic E-state index is -0.603. The molecule has 1 N–H and O–H groups in total. The van der Waals surface area contributed by atoms with E-state index in [-0.39, 0.29) is 0 Å². The van der Waals surface area contributed by atoms with Crippen molar-refractivity contribution >= 4 is 0 Å². The first-order chi connectivity index (χ1) is 12.2. The first kappa shape index (κ1) is 17.1. The van der Waals surface area contributed by atoms with Gasteiger partial charge in [0, 0.05) is 11.6 Å². The normalized spacial score (nSPS) is 11.8. The van der Waals surface area contributed by atoms with Crippen LogP contribution in [0.15, 0.2) is 78.9 Å². The van der Waals surface area contributed by atoms with Gasteiger partial charge in [0.25, 0.3) is 0 Å². The molecule has 0 fully saturated rings. The van der Waals surface area contributed by atoms with Crippen LogP contribution in [0.1, 0.15) is 29.7 Å². The second-order valence-electron chi connectivity index (χ2n) is 5.92. The Morgan fingerprint density at radius 3 is 1.88 bits per heavy atom. The van der Waals surface area contributed by atoms with Crippen molar-refractivity contribution in [1.82, 2.24) is 0 Å². The third kappa shape index (κ3) is 4.85. The summed E-state index contributed by atoms with van der Waals surface area (Å²) in [5.41, 5.74) is 2.94. The summed E-state index contributed by atoms with van der Waals surface area (Å²) < 4.78 is 11.8. The summed E-state index contributed by atoms with van der Waals surface area (Å²) in [4.78, 5) is 0. The lowest BCUT2D eigenvalue weighted by atomic mass is 10.1. The van der Waals surface area contributed by atoms with Crippen molar-refractivity contribution in [2.75, 3.05) is 0 Å². The van der Waals surface area contributed by atoms with Crippen molar-refractivity contribution in [3.05, 3.63) is 95.6 Å². The Morgan fingerprint density at radius 1 is 0.760 bits per heavy atom. The van der Waals surface area contributed by atoms with E-state index in [1.54, 1.807) is 6.92 Å². The van der Waals surface area contributed by atoms with Gasteiger partial charge >= 0.3 is 0 Å². The maximum atomic E-state index is 9.98. The molecule has 0 aliphatic rings. The van der Waals surface area contributed by atoms with Gasteiger partial charge in [0.05, 0.1) is 6.10 Å². The monoisotopic (exact) mass is 334 g/mol. The summed E-state index contributed by atoms with van der Waals surface area (Å²) in [7, 11) is 0. The van der Waals surface area contributed by atoms with Gasteiger partial charge in [0.15, 0.2) is 0 Å². The first-order valence-corrected chi connectivity index (χ1v) is 8.38. The van der Waals surface area contributed by atoms with Crippen molar-refractivity contribution < 1.29 is 14.6 Å². The molecule has 25 heavy (non-hydrogen) atoms. The standard InChI is InChI=1S/C22H22O3/c1-17(23)21-13-12-20(24-15-18-8-4-2-5-9-18)14-22(21)25-16-19-10-6-3-7-11-19/h2-14,17,23H,15-16H2,1H3. The van der Waals surface area contributed by atoms with Gasteiger partial charge < -0.3 is 14.6 Å². The van der Waals surface area contributed by atoms with Crippen LogP contribution in [0.25, 0.3) is 0 Å². The van der Waals surface area contributed by atoms with Gasteiger partial charge in [-0.15, -0.1) is 0 Å². The molecule has 3 aromatic carbocycles. The van der Waals surface area contributed by atoms with Crippen molar-refractivity contribution in [3.8, 4) is 11.5 Å². The number of hydrogen-bond donors (Lipinski definition) is 1. The van der Waals surface area contributed by atoms with Crippen LogP contribution in [-0.2, 0) is 13.2 Å². The second-order valence-corrected chi connectivity index (χ2v) is 5.92. The zero-order valence-electron chi connectivity index (χ0n) is 14.3. The minimum Gasteiger partial charge on any atom is -0.489 e. The van der Waals surface area contributed by atoms with Crippen LogP contribution in [0, 0.1) is 0 Å². The minimum absolute atomic E-state index is 0.447. The van der Waals surface area contributed by atoms with Crippen molar-refractivity contribution in [1.29, 1.82) is 0 Å². The van der Waals surface area contributed by atoms with E-state index in [2.05, 4.69) is 0 Å². The van der Waals surface area contributed by atoms with Crippen LogP contribution in [0.3, 0.4) is 0 Å². The van der Waals surface area contributed by atoms with Gasteiger partial charge in [-0.05, 0) is 30.2 Å². The molecule has 128 valence electrons. The highest BCUT2D eigenvalue weighted by molar-refractivity contribution is 5.42. The fraction of sp³-hybridized carbons (Fsp3) is 0.182. The van der Waals surface area contributed by atoms with Gasteiger partial charge in [0.2, 0.25) is 0 Å². The van der Waals surface area contributed by atoms with Crippen LogP contribution in [0.5, 0.6) is 11.5 Å². The fourth-order valence-corrected chi connectivity index (χ4v) is 2.55. The molecule has 0 bridgehead atoms. The van der Waals surface area contributed by atoms with Gasteiger partial charge in [-0.2, -0.15) is 0 Å². The van der Waals surface area contributed by atoms with Crippen LogP contribution < -0.4 is 9.47 Å². The molecule has 0 heterocycles. The third-order valence-corrected chi connectivity index (χ3v) is 3.92. The molecule has 3 nitrogen and oxygen atoms in total. The summed E-state index contributed by atoms with van der Waals surface area (Å²) >= 11 is 0. The van der Waals surface area contributed by atoms with Crippen molar-refractivity contribution in [2.45, 2.75) is 26.2 Å². The predicted molar refractivity (Wildman–Crippen MR) is 98.6 cm³/mol. The lowest BCUT2D eigenvalue weighted by Crippen LogP contribution is -2.02. The third-order valence-electron chi connectivity index (χ3n) is 3.92. The highest BCUT2D eigenvalue weighted by Crippen LogP contribution is 2.30. The lowest BCUT2D eigenvalue weighted by molar-refractivity contribution is 0.189. The number of hydrogen-bond acceptors (Lipinski definition) is 3. The molecule has 0 aliphatic carbocycles. The van der Waals surface area contributed by atoms with Crippen LogP contribution >= 0.6 is 0 Å². The van der Waals surface area contributed by atoms with E-state index in [9.17, 15) is 5.11 Å². The van der Waals surface area contributed by atoms with Crippen LogP contribution in [0.2, 0.25) is 0 Å². The molecule has 0 saturated heterocycles. The molecule has 0 radical (unpaired) electrons. The quantitative estimate of drug-likeness (QED) is 0.668. The van der Waals surface area contributed by atoms with Gasteiger partial charge in [-0.3, -0.25) is 0 Å².